The summed E-state index contributed by atoms with van der Waals surface area (Å²) in [6.45, 7) is 1.53. The molecule has 0 aromatic carbocycles. The van der Waals surface area contributed by atoms with Gasteiger partial charge >= 0.3 is 12.1 Å². The first-order valence-electron chi connectivity index (χ1n) is 3.07. The molecule has 0 bridgehead atoms. The van der Waals surface area contributed by atoms with E-state index in [2.05, 4.69) is 0 Å². The van der Waals surface area contributed by atoms with Gasteiger partial charge in [0.1, 0.15) is 0 Å². The molecule has 0 aromatic rings. The lowest BCUT2D eigenvalue weighted by Gasteiger charge is -2.02. The maximum atomic E-state index is 10.6. The summed E-state index contributed by atoms with van der Waals surface area (Å²) in [5.74, 6) is -2.66. The molecule has 0 saturated heterocycles. The quantitative estimate of drug-likeness (QED) is 0.628. The van der Waals surface area contributed by atoms with Crippen LogP contribution in [0.1, 0.15) is 6.92 Å². The number of carboxylic acid groups (broad SMARTS) is 1. The first kappa shape index (κ1) is 14.3. The molecule has 0 aromatic heterocycles. The summed E-state index contributed by atoms with van der Waals surface area (Å²) in [4.78, 5) is 20.5. The molecule has 0 spiro atoms. The van der Waals surface area contributed by atoms with Crippen LogP contribution in [0.3, 0.4) is 0 Å². The Kier molecular flexibility index (Phi) is 5.91. The van der Waals surface area contributed by atoms with Crippen molar-refractivity contribution in [2.45, 2.75) is 13.1 Å². The number of carbonyl (C=O) groups excluding carboxylic acids is 1. The van der Waals surface area contributed by atoms with E-state index in [9.17, 15) is 18.0 Å². The minimum absolute atomic E-state index is 0.0926. The number of carbonyl (C=O) groups is 2. The van der Waals surface area contributed by atoms with E-state index in [-0.39, 0.29) is 5.91 Å². The van der Waals surface area contributed by atoms with Gasteiger partial charge in [0.05, 0.1) is 0 Å². The first-order chi connectivity index (χ1) is 5.59. The monoisotopic (exact) mass is 201 g/mol. The molecule has 0 rings (SSSR count). The Morgan fingerprint density at radius 3 is 1.38 bits per heavy atom. The van der Waals surface area contributed by atoms with Gasteiger partial charge in [-0.15, -0.1) is 0 Å². The van der Waals surface area contributed by atoms with Crippen molar-refractivity contribution >= 4 is 11.9 Å². The maximum Gasteiger partial charge on any atom is 0.490 e. The second-order valence-corrected chi connectivity index (χ2v) is 2.22. The van der Waals surface area contributed by atoms with Crippen LogP contribution in [0.4, 0.5) is 13.2 Å². The Morgan fingerprint density at radius 2 is 1.38 bits per heavy atom. The molecule has 13 heavy (non-hydrogen) atoms. The van der Waals surface area contributed by atoms with Crippen molar-refractivity contribution in [3.63, 3.8) is 0 Å². The Bertz CT molecular complexity index is 188. The smallest absolute Gasteiger partial charge is 0.475 e. The number of amides is 1. The molecule has 7 heteroatoms. The zero-order valence-corrected chi connectivity index (χ0v) is 7.34. The van der Waals surface area contributed by atoms with Crippen LogP contribution in [0.5, 0.6) is 0 Å². The van der Waals surface area contributed by atoms with Gasteiger partial charge in [0.25, 0.3) is 0 Å². The SMILES string of the molecule is CC(=O)N(C)C.O=C(O)C(F)(F)F. The van der Waals surface area contributed by atoms with Crippen LogP contribution in [0.25, 0.3) is 0 Å². The van der Waals surface area contributed by atoms with Crippen molar-refractivity contribution in [2.75, 3.05) is 14.1 Å². The molecule has 0 heterocycles. The average Bonchev–Trinajstić information content (AvgIpc) is 1.86. The van der Waals surface area contributed by atoms with Gasteiger partial charge in [-0.05, 0) is 0 Å². The van der Waals surface area contributed by atoms with Gasteiger partial charge in [0.15, 0.2) is 0 Å². The average molecular weight is 201 g/mol. The molecular formula is C6H10F3NO3. The summed E-state index contributed by atoms with van der Waals surface area (Å²) < 4.78 is 31.7. The molecule has 1 amide bonds. The molecule has 0 saturated carbocycles. The normalized spacial score (nSPS) is 9.69. The van der Waals surface area contributed by atoms with Crippen LogP contribution < -0.4 is 0 Å². The van der Waals surface area contributed by atoms with Gasteiger partial charge in [-0.1, -0.05) is 0 Å². The van der Waals surface area contributed by atoms with Gasteiger partial charge in [0.2, 0.25) is 5.91 Å². The van der Waals surface area contributed by atoms with E-state index in [0.29, 0.717) is 0 Å². The predicted octanol–water partition coefficient (Wildman–Crippen LogP) is 0.728. The fourth-order valence-corrected chi connectivity index (χ4v) is 0. The highest BCUT2D eigenvalue weighted by molar-refractivity contribution is 5.73. The van der Waals surface area contributed by atoms with Gasteiger partial charge in [-0.2, -0.15) is 13.2 Å². The number of nitrogens with zero attached hydrogens (tertiary/aromatic N) is 1. The van der Waals surface area contributed by atoms with Gasteiger partial charge in [-0.25, -0.2) is 4.79 Å². The van der Waals surface area contributed by atoms with Crippen molar-refractivity contribution in [2.24, 2.45) is 0 Å². The molecule has 0 radical (unpaired) electrons. The zero-order chi connectivity index (χ0) is 11.2. The predicted molar refractivity (Wildman–Crippen MR) is 38.1 cm³/mol. The summed E-state index contributed by atoms with van der Waals surface area (Å²) in [5, 5.41) is 7.12. The number of halogens is 3. The third kappa shape index (κ3) is 10.7. The van der Waals surface area contributed by atoms with E-state index in [1.807, 2.05) is 0 Å². The molecule has 1 N–H and O–H groups in total. The van der Waals surface area contributed by atoms with Crippen molar-refractivity contribution in [1.29, 1.82) is 0 Å². The molecular weight excluding hydrogens is 191 g/mol. The van der Waals surface area contributed by atoms with Crippen LogP contribution in [-0.2, 0) is 9.59 Å². The summed E-state index contributed by atoms with van der Waals surface area (Å²) in [6, 6.07) is 0. The standard InChI is InChI=1S/C4H9NO.C2HF3O2/c1-4(6)5(2)3;3-2(4,5)1(6)7/h1-3H3;(H,6,7). The fourth-order valence-electron chi connectivity index (χ4n) is 0. The van der Waals surface area contributed by atoms with E-state index in [4.69, 9.17) is 9.90 Å². The topological polar surface area (TPSA) is 57.6 Å². The van der Waals surface area contributed by atoms with E-state index in [1.165, 1.54) is 11.8 Å². The first-order valence-corrected chi connectivity index (χ1v) is 3.07. The van der Waals surface area contributed by atoms with Crippen molar-refractivity contribution in [3.05, 3.63) is 0 Å². The Labute approximate surface area is 72.9 Å². The largest absolute Gasteiger partial charge is 0.490 e. The Balaban J connectivity index is 0. The minimum Gasteiger partial charge on any atom is -0.475 e. The molecule has 4 nitrogen and oxygen atoms in total. The number of alkyl halides is 3. The number of aliphatic carboxylic acids is 1. The number of hydrogen-bond donors (Lipinski definition) is 1. The zero-order valence-electron chi connectivity index (χ0n) is 7.34. The lowest BCUT2D eigenvalue weighted by Crippen LogP contribution is -2.21. The van der Waals surface area contributed by atoms with Crippen LogP contribution in [0, 0.1) is 0 Å². The molecule has 0 unspecified atom stereocenters. The summed E-state index contributed by atoms with van der Waals surface area (Å²) in [7, 11) is 3.45. The minimum atomic E-state index is -5.08. The van der Waals surface area contributed by atoms with E-state index in [0.717, 1.165) is 0 Å². The highest BCUT2D eigenvalue weighted by Gasteiger charge is 2.38. The molecule has 0 fully saturated rings. The molecule has 78 valence electrons. The number of hydrogen-bond acceptors (Lipinski definition) is 2. The van der Waals surface area contributed by atoms with Gasteiger partial charge < -0.3 is 10.0 Å². The third-order valence-corrected chi connectivity index (χ3v) is 0.872. The lowest BCUT2D eigenvalue weighted by molar-refractivity contribution is -0.192. The summed E-state index contributed by atoms with van der Waals surface area (Å²) in [5.41, 5.74) is 0. The lowest BCUT2D eigenvalue weighted by atomic mass is 10.7. The fraction of sp³-hybridized carbons (Fsp3) is 0.667. The summed E-state index contributed by atoms with van der Waals surface area (Å²) >= 11 is 0. The van der Waals surface area contributed by atoms with Crippen LogP contribution in [-0.4, -0.2) is 42.2 Å². The van der Waals surface area contributed by atoms with Crippen molar-refractivity contribution in [3.8, 4) is 0 Å². The second-order valence-electron chi connectivity index (χ2n) is 2.22. The van der Waals surface area contributed by atoms with E-state index >= 15 is 0 Å². The highest BCUT2D eigenvalue weighted by atomic mass is 19.4. The van der Waals surface area contributed by atoms with Crippen LogP contribution in [0.2, 0.25) is 0 Å². The Morgan fingerprint density at radius 1 is 1.23 bits per heavy atom. The van der Waals surface area contributed by atoms with Crippen molar-refractivity contribution < 1.29 is 27.9 Å². The summed E-state index contributed by atoms with van der Waals surface area (Å²) in [6.07, 6.45) is -5.08. The van der Waals surface area contributed by atoms with E-state index < -0.39 is 12.1 Å². The van der Waals surface area contributed by atoms with Gasteiger partial charge in [0, 0.05) is 21.0 Å². The van der Waals surface area contributed by atoms with Gasteiger partial charge in [-0.3, -0.25) is 4.79 Å². The van der Waals surface area contributed by atoms with E-state index in [1.54, 1.807) is 14.1 Å². The highest BCUT2D eigenvalue weighted by Crippen LogP contribution is 2.13. The molecule has 0 aliphatic rings. The van der Waals surface area contributed by atoms with Crippen LogP contribution >= 0.6 is 0 Å². The molecule has 0 aliphatic carbocycles. The molecule has 0 aliphatic heterocycles. The number of rotatable bonds is 0. The maximum absolute atomic E-state index is 10.6. The van der Waals surface area contributed by atoms with Crippen LogP contribution in [0.15, 0.2) is 0 Å². The molecule has 0 atom stereocenters. The second kappa shape index (κ2) is 5.39. The van der Waals surface area contributed by atoms with Crippen molar-refractivity contribution in [1.82, 2.24) is 4.90 Å². The number of carboxylic acids is 1. The third-order valence-electron chi connectivity index (χ3n) is 0.872. The Hall–Kier alpha value is -1.27.